The Morgan fingerprint density at radius 3 is 0.907 bits per heavy atom. The summed E-state index contributed by atoms with van der Waals surface area (Å²) >= 11 is 0. The zero-order valence-corrected chi connectivity index (χ0v) is 30.2. The predicted octanol–water partition coefficient (Wildman–Crippen LogP) is 12.7. The number of nitrogens with zero attached hydrogens (tertiary/aromatic N) is 1. The van der Waals surface area contributed by atoms with Gasteiger partial charge in [0.15, 0.2) is 5.84 Å². The second kappa shape index (κ2) is 16.9. The molecule has 8 aromatic carbocycles. The third-order valence-electron chi connectivity index (χ3n) is 9.41. The van der Waals surface area contributed by atoms with E-state index in [0.29, 0.717) is 5.84 Å². The Balaban J connectivity index is 0.000000222. The molecule has 0 fully saturated rings. The summed E-state index contributed by atoms with van der Waals surface area (Å²) in [5.41, 5.74) is 21.2. The first-order valence-electron chi connectivity index (χ1n) is 18.1. The van der Waals surface area contributed by atoms with Crippen LogP contribution in [-0.4, -0.2) is 11.7 Å². The highest BCUT2D eigenvalue weighted by Crippen LogP contribution is 2.52. The van der Waals surface area contributed by atoms with Crippen molar-refractivity contribution in [3.05, 3.63) is 229 Å². The van der Waals surface area contributed by atoms with Crippen LogP contribution >= 0.6 is 0 Å². The van der Waals surface area contributed by atoms with E-state index in [2.05, 4.69) is 164 Å². The molecule has 0 atom stereocenters. The van der Waals surface area contributed by atoms with E-state index in [1.807, 2.05) is 60.7 Å². The van der Waals surface area contributed by atoms with E-state index in [4.69, 9.17) is 11.1 Å². The lowest BCUT2D eigenvalue weighted by Crippen LogP contribution is -2.15. The van der Waals surface area contributed by atoms with Crippen molar-refractivity contribution < 1.29 is 0 Å². The van der Waals surface area contributed by atoms with Crippen molar-refractivity contribution >= 4 is 11.7 Å². The number of aliphatic imine (C=N–C) groups is 1. The summed E-state index contributed by atoms with van der Waals surface area (Å²) in [6.45, 7) is 2.29. The molecule has 0 unspecified atom stereocenters. The quantitative estimate of drug-likeness (QED) is 0.127. The molecule has 0 amide bonds. The van der Waals surface area contributed by atoms with Crippen molar-refractivity contribution in [1.82, 2.24) is 0 Å². The van der Waals surface area contributed by atoms with Gasteiger partial charge in [-0.3, -0.25) is 5.41 Å². The zero-order chi connectivity index (χ0) is 37.1. The van der Waals surface area contributed by atoms with Gasteiger partial charge in [-0.2, -0.15) is 0 Å². The number of amidine groups is 2. The van der Waals surface area contributed by atoms with Gasteiger partial charge in [-0.25, -0.2) is 4.99 Å². The monoisotopic (exact) mass is 695 g/mol. The lowest BCUT2D eigenvalue weighted by atomic mass is 9.76. The number of nitrogens with one attached hydrogen (secondary N) is 1. The Bertz CT molecular complexity index is 2360. The first-order valence-corrected chi connectivity index (χ1v) is 18.1. The normalized spacial score (nSPS) is 10.9. The number of hydrogen-bond acceptors (Lipinski definition) is 1. The van der Waals surface area contributed by atoms with Crippen molar-refractivity contribution in [2.45, 2.75) is 6.92 Å². The van der Waals surface area contributed by atoms with Crippen LogP contribution < -0.4 is 5.73 Å². The Labute approximate surface area is 318 Å². The Morgan fingerprint density at radius 1 is 0.352 bits per heavy atom. The van der Waals surface area contributed by atoms with E-state index in [9.17, 15) is 0 Å². The van der Waals surface area contributed by atoms with Crippen LogP contribution in [0.1, 0.15) is 16.7 Å². The summed E-state index contributed by atoms with van der Waals surface area (Å²) in [6, 6.07) is 73.0. The van der Waals surface area contributed by atoms with E-state index in [0.717, 1.165) is 11.1 Å². The van der Waals surface area contributed by atoms with Gasteiger partial charge in [-0.05, 0) is 68.1 Å². The summed E-state index contributed by atoms with van der Waals surface area (Å²) in [6.07, 6.45) is 0. The molecule has 0 aromatic heterocycles. The second-order valence-corrected chi connectivity index (χ2v) is 12.9. The Kier molecular flexibility index (Phi) is 11.1. The van der Waals surface area contributed by atoms with Crippen molar-refractivity contribution in [3.8, 4) is 55.6 Å². The lowest BCUT2D eigenvalue weighted by molar-refractivity contribution is 1.40. The van der Waals surface area contributed by atoms with Gasteiger partial charge >= 0.3 is 0 Å². The minimum absolute atomic E-state index is 0.173. The topological polar surface area (TPSA) is 62.2 Å². The molecule has 3 heteroatoms. The predicted molar refractivity (Wildman–Crippen MR) is 229 cm³/mol. The molecule has 3 nitrogen and oxygen atoms in total. The van der Waals surface area contributed by atoms with Crippen LogP contribution in [0, 0.1) is 12.3 Å². The molecule has 8 rings (SSSR count). The third-order valence-corrected chi connectivity index (χ3v) is 9.41. The molecule has 0 aliphatic heterocycles. The van der Waals surface area contributed by atoms with Gasteiger partial charge in [0.25, 0.3) is 0 Å². The molecule has 0 aliphatic carbocycles. The molecule has 8 aromatic rings. The summed E-state index contributed by atoms with van der Waals surface area (Å²) in [5.74, 6) is 0.534. The standard InChI is InChI=1S/C37H28.C14H13N3/c1-27-33(28-17-7-2-8-18-28)35(30-21-11-4-12-22-30)37(32-25-15-6-16-26-32)36(31-23-13-5-14-24-31)34(27)29-19-9-3-10-20-29;15-13(11-7-3-1-4-8-11)17-14(16)12-9-5-2-6-10-12/h2-26H,1H3;1-10H,(H3,15,16,17). The van der Waals surface area contributed by atoms with E-state index >= 15 is 0 Å². The molecule has 0 heterocycles. The molecule has 0 bridgehead atoms. The highest BCUT2D eigenvalue weighted by Gasteiger charge is 2.26. The maximum atomic E-state index is 7.84. The minimum atomic E-state index is 0.173. The number of nitrogens with two attached hydrogens (primary N) is 1. The van der Waals surface area contributed by atoms with Crippen molar-refractivity contribution in [2.24, 2.45) is 10.7 Å². The molecular weight excluding hydrogens is 655 g/mol. The molecule has 3 N–H and O–H groups in total. The fourth-order valence-corrected chi connectivity index (χ4v) is 6.94. The van der Waals surface area contributed by atoms with Gasteiger partial charge in [0.05, 0.1) is 0 Å². The van der Waals surface area contributed by atoms with Crippen LogP contribution in [0.3, 0.4) is 0 Å². The van der Waals surface area contributed by atoms with E-state index in [1.54, 1.807) is 0 Å². The van der Waals surface area contributed by atoms with Gasteiger partial charge in [-0.15, -0.1) is 0 Å². The van der Waals surface area contributed by atoms with Crippen LogP contribution in [0.2, 0.25) is 0 Å². The van der Waals surface area contributed by atoms with Crippen LogP contribution in [0.5, 0.6) is 0 Å². The molecule has 0 spiro atoms. The van der Waals surface area contributed by atoms with Crippen molar-refractivity contribution in [3.63, 3.8) is 0 Å². The smallest absolute Gasteiger partial charge is 0.154 e. The second-order valence-electron chi connectivity index (χ2n) is 12.9. The number of benzene rings is 8. The van der Waals surface area contributed by atoms with Crippen LogP contribution in [0.25, 0.3) is 55.6 Å². The highest BCUT2D eigenvalue weighted by molar-refractivity contribution is 6.10. The Hall–Kier alpha value is -7.10. The van der Waals surface area contributed by atoms with Gasteiger partial charge in [0.2, 0.25) is 0 Å². The van der Waals surface area contributed by atoms with E-state index in [1.165, 1.54) is 61.2 Å². The van der Waals surface area contributed by atoms with E-state index in [-0.39, 0.29) is 5.84 Å². The molecule has 0 aliphatic rings. The Morgan fingerprint density at radius 2 is 0.593 bits per heavy atom. The van der Waals surface area contributed by atoms with Crippen molar-refractivity contribution in [1.29, 1.82) is 5.41 Å². The average Bonchev–Trinajstić information content (AvgIpc) is 3.25. The fourth-order valence-electron chi connectivity index (χ4n) is 6.94. The maximum absolute atomic E-state index is 7.84. The number of rotatable bonds is 7. The molecule has 0 saturated heterocycles. The lowest BCUT2D eigenvalue weighted by Gasteiger charge is -2.27. The first kappa shape index (κ1) is 35.3. The van der Waals surface area contributed by atoms with Gasteiger partial charge in [-0.1, -0.05) is 212 Å². The first-order chi connectivity index (χ1) is 26.6. The van der Waals surface area contributed by atoms with E-state index < -0.39 is 0 Å². The summed E-state index contributed by atoms with van der Waals surface area (Å²) < 4.78 is 0. The summed E-state index contributed by atoms with van der Waals surface area (Å²) in [4.78, 5) is 4.10. The van der Waals surface area contributed by atoms with Gasteiger partial charge in [0.1, 0.15) is 5.84 Å². The molecule has 0 saturated carbocycles. The largest absolute Gasteiger partial charge is 0.383 e. The van der Waals surface area contributed by atoms with Crippen LogP contribution in [0.4, 0.5) is 0 Å². The average molecular weight is 696 g/mol. The van der Waals surface area contributed by atoms with Crippen LogP contribution in [-0.2, 0) is 0 Å². The molecule has 54 heavy (non-hydrogen) atoms. The molecule has 0 radical (unpaired) electrons. The third kappa shape index (κ3) is 7.86. The number of hydrogen-bond donors (Lipinski definition) is 2. The van der Waals surface area contributed by atoms with Crippen LogP contribution in [0.15, 0.2) is 217 Å². The molecule has 260 valence electrons. The maximum Gasteiger partial charge on any atom is 0.154 e. The molecular formula is C51H41N3. The fraction of sp³-hybridized carbons (Fsp3) is 0.0196. The van der Waals surface area contributed by atoms with Gasteiger partial charge in [0, 0.05) is 11.1 Å². The SMILES string of the molecule is Cc1c(-c2ccccc2)c(-c2ccccc2)c(-c2ccccc2)c(-c2ccccc2)c1-c1ccccc1.N=C(N=C(N)c1ccccc1)c1ccccc1. The summed E-state index contributed by atoms with van der Waals surface area (Å²) in [5, 5.41) is 7.84. The zero-order valence-electron chi connectivity index (χ0n) is 30.2. The highest BCUT2D eigenvalue weighted by atomic mass is 14.9. The minimum Gasteiger partial charge on any atom is -0.383 e. The summed E-state index contributed by atoms with van der Waals surface area (Å²) in [7, 11) is 0. The van der Waals surface area contributed by atoms with Crippen molar-refractivity contribution in [2.75, 3.05) is 0 Å². The van der Waals surface area contributed by atoms with Gasteiger partial charge < -0.3 is 5.73 Å².